The van der Waals surface area contributed by atoms with Gasteiger partial charge in [-0.2, -0.15) is 0 Å². The molecule has 0 amide bonds. The smallest absolute Gasteiger partial charge is 0.173 e. The van der Waals surface area contributed by atoms with Crippen LogP contribution in [-0.4, -0.2) is 63.4 Å². The molecule has 0 bridgehead atoms. The van der Waals surface area contributed by atoms with Crippen molar-refractivity contribution < 1.29 is 0 Å². The number of benzene rings is 1. The first kappa shape index (κ1) is 21.4. The summed E-state index contributed by atoms with van der Waals surface area (Å²) in [5.41, 5.74) is 3.31. The molecule has 1 saturated heterocycles. The number of piperazine rings is 1. The Morgan fingerprint density at radius 2 is 1.86 bits per heavy atom. The minimum Gasteiger partial charge on any atom is -0.346 e. The van der Waals surface area contributed by atoms with Crippen molar-refractivity contribution in [3.05, 3.63) is 18.0 Å². The molecule has 0 radical (unpaired) electrons. The summed E-state index contributed by atoms with van der Waals surface area (Å²) in [5, 5.41) is 4.37. The van der Waals surface area contributed by atoms with E-state index in [1.165, 1.54) is 4.90 Å². The molecule has 2 heterocycles. The number of nitrogens with one attached hydrogen (secondary N) is 1. The molecule has 0 unspecified atom stereocenters. The number of aryl methyl sites for hydroxylation is 1. The number of imidazole rings is 1. The van der Waals surface area contributed by atoms with Gasteiger partial charge < -0.3 is 19.7 Å². The van der Waals surface area contributed by atoms with E-state index in [9.17, 15) is 0 Å². The first-order chi connectivity index (χ1) is 13.2. The van der Waals surface area contributed by atoms with Crippen molar-refractivity contribution in [2.24, 2.45) is 7.05 Å². The van der Waals surface area contributed by atoms with Crippen LogP contribution < -0.4 is 5.32 Å². The largest absolute Gasteiger partial charge is 0.346 e. The molecule has 5 nitrogen and oxygen atoms in total. The van der Waals surface area contributed by atoms with Crippen LogP contribution in [0.3, 0.4) is 0 Å². The van der Waals surface area contributed by atoms with Crippen LogP contribution in [0.15, 0.2) is 17.0 Å². The van der Waals surface area contributed by atoms with Crippen LogP contribution in [0, 0.1) is 0 Å². The third-order valence-electron chi connectivity index (χ3n) is 5.15. The summed E-state index contributed by atoms with van der Waals surface area (Å²) in [6.45, 7) is 12.9. The van der Waals surface area contributed by atoms with E-state index in [1.54, 1.807) is 0 Å². The van der Waals surface area contributed by atoms with Crippen LogP contribution in [0.5, 0.6) is 0 Å². The van der Waals surface area contributed by atoms with Crippen LogP contribution in [0.1, 0.15) is 39.9 Å². The van der Waals surface area contributed by atoms with Crippen LogP contribution in [0.25, 0.3) is 11.0 Å². The first-order valence-electron chi connectivity index (χ1n) is 10.1. The summed E-state index contributed by atoms with van der Waals surface area (Å²) in [7, 11) is 4.27. The Morgan fingerprint density at radius 3 is 2.46 bits per heavy atom. The summed E-state index contributed by atoms with van der Waals surface area (Å²) in [4.78, 5) is 10.8. The Labute approximate surface area is 178 Å². The van der Waals surface area contributed by atoms with Crippen molar-refractivity contribution in [1.82, 2.24) is 19.4 Å². The van der Waals surface area contributed by atoms with E-state index in [4.69, 9.17) is 17.2 Å². The second-order valence-corrected chi connectivity index (χ2v) is 10.2. The summed E-state index contributed by atoms with van der Waals surface area (Å²) < 4.78 is 2.22. The number of hydrogen-bond donors (Lipinski definition) is 1. The molecule has 2 aromatic rings. The second-order valence-electron chi connectivity index (χ2n) is 8.65. The SMILES string of the molecule is CCCSc1cc2nc(C(C)(C)C)n(C)c2cc1NC(=S)N1CCN(C)CC1. The van der Waals surface area contributed by atoms with E-state index in [-0.39, 0.29) is 5.41 Å². The zero-order valence-electron chi connectivity index (χ0n) is 18.0. The van der Waals surface area contributed by atoms with E-state index in [2.05, 4.69) is 73.6 Å². The van der Waals surface area contributed by atoms with Gasteiger partial charge in [-0.1, -0.05) is 27.7 Å². The fraction of sp³-hybridized carbons (Fsp3) is 0.619. The van der Waals surface area contributed by atoms with Gasteiger partial charge in [-0.3, -0.25) is 0 Å². The molecule has 1 N–H and O–H groups in total. The summed E-state index contributed by atoms with van der Waals surface area (Å²) in [6, 6.07) is 4.44. The maximum atomic E-state index is 5.75. The Kier molecular flexibility index (Phi) is 6.57. The number of aromatic nitrogens is 2. The highest BCUT2D eigenvalue weighted by molar-refractivity contribution is 7.99. The van der Waals surface area contributed by atoms with Crippen LogP contribution in [-0.2, 0) is 12.5 Å². The third-order valence-corrected chi connectivity index (χ3v) is 6.77. The maximum Gasteiger partial charge on any atom is 0.173 e. The van der Waals surface area contributed by atoms with Gasteiger partial charge in [-0.05, 0) is 43.6 Å². The quantitative estimate of drug-likeness (QED) is 0.588. The molecule has 1 aromatic heterocycles. The molecule has 1 fully saturated rings. The predicted octanol–water partition coefficient (Wildman–Crippen LogP) is 4.32. The fourth-order valence-electron chi connectivity index (χ4n) is 3.52. The van der Waals surface area contributed by atoms with Gasteiger partial charge in [-0.25, -0.2) is 4.98 Å². The average molecular weight is 420 g/mol. The standard InChI is InChI=1S/C21H33N5S2/c1-7-12-28-18-14-15-17(25(6)19(22-15)21(2,3)4)13-16(18)23-20(27)26-10-8-24(5)9-11-26/h13-14H,7-12H2,1-6H3,(H,23,27). The van der Waals surface area contributed by atoms with E-state index >= 15 is 0 Å². The molecule has 7 heteroatoms. The normalized spacial score (nSPS) is 16.0. The minimum absolute atomic E-state index is 0.00716. The number of anilines is 1. The third kappa shape index (κ3) is 4.63. The lowest BCUT2D eigenvalue weighted by molar-refractivity contribution is 0.217. The van der Waals surface area contributed by atoms with Gasteiger partial charge in [0, 0.05) is 43.5 Å². The lowest BCUT2D eigenvalue weighted by Crippen LogP contribution is -2.48. The van der Waals surface area contributed by atoms with Crippen molar-refractivity contribution in [1.29, 1.82) is 0 Å². The molecule has 0 atom stereocenters. The van der Waals surface area contributed by atoms with E-state index in [0.717, 1.165) is 66.0 Å². The Morgan fingerprint density at radius 1 is 1.18 bits per heavy atom. The van der Waals surface area contributed by atoms with Crippen molar-refractivity contribution in [2.75, 3.05) is 44.3 Å². The number of nitrogens with zero attached hydrogens (tertiary/aromatic N) is 4. The highest BCUT2D eigenvalue weighted by Gasteiger charge is 2.23. The zero-order chi connectivity index (χ0) is 20.5. The second kappa shape index (κ2) is 8.59. The molecular weight excluding hydrogens is 386 g/mol. The van der Waals surface area contributed by atoms with Crippen molar-refractivity contribution in [3.63, 3.8) is 0 Å². The van der Waals surface area contributed by atoms with Gasteiger partial charge in [0.25, 0.3) is 0 Å². The first-order valence-corrected chi connectivity index (χ1v) is 11.5. The van der Waals surface area contributed by atoms with Gasteiger partial charge in [0.1, 0.15) is 5.82 Å². The molecule has 1 aliphatic rings. The van der Waals surface area contributed by atoms with Gasteiger partial charge in [0.05, 0.1) is 16.7 Å². The topological polar surface area (TPSA) is 36.3 Å². The number of fused-ring (bicyclic) bond motifs is 1. The monoisotopic (exact) mass is 419 g/mol. The summed E-state index contributed by atoms with van der Waals surface area (Å²) in [6.07, 6.45) is 1.14. The molecule has 1 aliphatic heterocycles. The fourth-order valence-corrected chi connectivity index (χ4v) is 4.70. The Hall–Kier alpha value is -1.31. The molecule has 3 rings (SSSR count). The lowest BCUT2D eigenvalue weighted by atomic mass is 9.96. The van der Waals surface area contributed by atoms with Gasteiger partial charge in [0.15, 0.2) is 5.11 Å². The number of likely N-dealkylation sites (N-methyl/N-ethyl adjacent to an activating group) is 1. The molecule has 154 valence electrons. The molecule has 0 saturated carbocycles. The van der Waals surface area contributed by atoms with E-state index in [1.807, 2.05) is 11.8 Å². The molecule has 1 aromatic carbocycles. The van der Waals surface area contributed by atoms with Crippen LogP contribution in [0.4, 0.5) is 5.69 Å². The maximum absolute atomic E-state index is 5.75. The van der Waals surface area contributed by atoms with Gasteiger partial charge >= 0.3 is 0 Å². The van der Waals surface area contributed by atoms with Gasteiger partial charge in [0.2, 0.25) is 0 Å². The predicted molar refractivity (Wildman–Crippen MR) is 126 cm³/mol. The average Bonchev–Trinajstić information content (AvgIpc) is 2.96. The number of thioether (sulfide) groups is 1. The summed E-state index contributed by atoms with van der Waals surface area (Å²) >= 11 is 7.63. The van der Waals surface area contributed by atoms with Crippen molar-refractivity contribution >= 4 is 45.8 Å². The van der Waals surface area contributed by atoms with Gasteiger partial charge in [-0.15, -0.1) is 11.8 Å². The Balaban J connectivity index is 1.94. The van der Waals surface area contributed by atoms with E-state index < -0.39 is 0 Å². The number of hydrogen-bond acceptors (Lipinski definition) is 4. The van der Waals surface area contributed by atoms with Crippen molar-refractivity contribution in [2.45, 2.75) is 44.4 Å². The van der Waals surface area contributed by atoms with Crippen LogP contribution >= 0.6 is 24.0 Å². The lowest BCUT2D eigenvalue weighted by Gasteiger charge is -2.34. The molecule has 0 spiro atoms. The molecule has 0 aliphatic carbocycles. The highest BCUT2D eigenvalue weighted by Crippen LogP contribution is 2.34. The summed E-state index contributed by atoms with van der Waals surface area (Å²) in [5.74, 6) is 2.19. The zero-order valence-corrected chi connectivity index (χ0v) is 19.6. The minimum atomic E-state index is 0.00716. The molecule has 28 heavy (non-hydrogen) atoms. The number of rotatable bonds is 4. The molecular formula is C21H33N5S2. The van der Waals surface area contributed by atoms with Crippen molar-refractivity contribution in [3.8, 4) is 0 Å². The van der Waals surface area contributed by atoms with Crippen LogP contribution in [0.2, 0.25) is 0 Å². The number of thiocarbonyl (C=S) groups is 1. The highest BCUT2D eigenvalue weighted by atomic mass is 32.2. The Bertz CT molecular complexity index is 845. The van der Waals surface area contributed by atoms with E-state index in [0.29, 0.717) is 0 Å².